The molecule has 52 valence electrons. The lowest BCUT2D eigenvalue weighted by Crippen LogP contribution is -2.09. The summed E-state index contributed by atoms with van der Waals surface area (Å²) in [5, 5.41) is 8.56. The molecule has 0 spiro atoms. The standard InChI is InChI=1S/C8H10N2/c1-6-4-8(10)3-2-7(6)5-9/h2-3,6H,4,10H2,1H3. The van der Waals surface area contributed by atoms with E-state index in [-0.39, 0.29) is 0 Å². The van der Waals surface area contributed by atoms with Gasteiger partial charge in [-0.25, -0.2) is 0 Å². The highest BCUT2D eigenvalue weighted by Crippen LogP contribution is 2.20. The summed E-state index contributed by atoms with van der Waals surface area (Å²) in [7, 11) is 0. The van der Waals surface area contributed by atoms with Crippen molar-refractivity contribution in [2.75, 3.05) is 0 Å². The summed E-state index contributed by atoms with van der Waals surface area (Å²) in [4.78, 5) is 0. The largest absolute Gasteiger partial charge is 0.402 e. The van der Waals surface area contributed by atoms with Crippen LogP contribution in [0.15, 0.2) is 23.4 Å². The minimum atomic E-state index is 0.301. The van der Waals surface area contributed by atoms with Crippen molar-refractivity contribution in [1.82, 2.24) is 0 Å². The van der Waals surface area contributed by atoms with E-state index in [1.54, 1.807) is 12.2 Å². The quantitative estimate of drug-likeness (QED) is 0.543. The number of hydrogen-bond donors (Lipinski definition) is 1. The van der Waals surface area contributed by atoms with Crippen molar-refractivity contribution >= 4 is 0 Å². The monoisotopic (exact) mass is 134 g/mol. The van der Waals surface area contributed by atoms with E-state index in [9.17, 15) is 0 Å². The van der Waals surface area contributed by atoms with Crippen molar-refractivity contribution in [3.05, 3.63) is 23.4 Å². The molecule has 0 radical (unpaired) electrons. The molecule has 0 aliphatic heterocycles. The Kier molecular flexibility index (Phi) is 1.77. The molecule has 0 saturated carbocycles. The fourth-order valence-electron chi connectivity index (χ4n) is 1.04. The molecule has 0 saturated heterocycles. The first-order valence-corrected chi connectivity index (χ1v) is 3.30. The Bertz CT molecular complexity index is 230. The number of allylic oxidation sites excluding steroid dienone is 4. The first-order chi connectivity index (χ1) is 4.74. The lowest BCUT2D eigenvalue weighted by molar-refractivity contribution is 0.675. The zero-order chi connectivity index (χ0) is 7.56. The maximum absolute atomic E-state index is 8.56. The van der Waals surface area contributed by atoms with E-state index in [0.29, 0.717) is 5.92 Å². The van der Waals surface area contributed by atoms with Gasteiger partial charge >= 0.3 is 0 Å². The summed E-state index contributed by atoms with van der Waals surface area (Å²) in [6.07, 6.45) is 4.42. The van der Waals surface area contributed by atoms with Gasteiger partial charge in [-0.3, -0.25) is 0 Å². The molecule has 2 heteroatoms. The van der Waals surface area contributed by atoms with Crippen molar-refractivity contribution < 1.29 is 0 Å². The van der Waals surface area contributed by atoms with Crippen LogP contribution in [0.3, 0.4) is 0 Å². The molecule has 2 N–H and O–H groups in total. The van der Waals surface area contributed by atoms with Crippen molar-refractivity contribution in [3.63, 3.8) is 0 Å². The summed E-state index contributed by atoms with van der Waals surface area (Å²) in [6, 6.07) is 2.14. The highest BCUT2D eigenvalue weighted by atomic mass is 14.6. The molecule has 0 aromatic rings. The van der Waals surface area contributed by atoms with E-state index in [0.717, 1.165) is 17.7 Å². The van der Waals surface area contributed by atoms with Gasteiger partial charge in [-0.2, -0.15) is 5.26 Å². The Labute approximate surface area is 60.6 Å². The van der Waals surface area contributed by atoms with Crippen molar-refractivity contribution in [1.29, 1.82) is 5.26 Å². The van der Waals surface area contributed by atoms with Crippen molar-refractivity contribution in [2.45, 2.75) is 13.3 Å². The van der Waals surface area contributed by atoms with Crippen LogP contribution in [-0.4, -0.2) is 0 Å². The van der Waals surface area contributed by atoms with Crippen LogP contribution in [0.25, 0.3) is 0 Å². The van der Waals surface area contributed by atoms with Crippen LogP contribution in [0.2, 0.25) is 0 Å². The predicted octanol–water partition coefficient (Wildman–Crippen LogP) is 1.32. The molecule has 0 aromatic carbocycles. The molecule has 0 bridgehead atoms. The minimum absolute atomic E-state index is 0.301. The average Bonchev–Trinajstić information content (AvgIpc) is 1.88. The van der Waals surface area contributed by atoms with Gasteiger partial charge in [-0.1, -0.05) is 6.92 Å². The van der Waals surface area contributed by atoms with Crippen LogP contribution < -0.4 is 5.73 Å². The molecule has 2 nitrogen and oxygen atoms in total. The Morgan fingerprint density at radius 3 is 2.90 bits per heavy atom. The molecular weight excluding hydrogens is 124 g/mol. The van der Waals surface area contributed by atoms with E-state index >= 15 is 0 Å². The lowest BCUT2D eigenvalue weighted by atomic mass is 9.93. The second-order valence-corrected chi connectivity index (χ2v) is 2.58. The molecule has 0 fully saturated rings. The second kappa shape index (κ2) is 2.57. The van der Waals surface area contributed by atoms with Gasteiger partial charge in [0.2, 0.25) is 0 Å². The number of hydrogen-bond acceptors (Lipinski definition) is 2. The molecule has 1 aliphatic rings. The van der Waals surface area contributed by atoms with Gasteiger partial charge in [-0.15, -0.1) is 0 Å². The maximum atomic E-state index is 8.56. The van der Waals surface area contributed by atoms with E-state index in [1.807, 2.05) is 6.92 Å². The third-order valence-electron chi connectivity index (χ3n) is 1.68. The smallest absolute Gasteiger partial charge is 0.0950 e. The van der Waals surface area contributed by atoms with Gasteiger partial charge in [0.25, 0.3) is 0 Å². The Hall–Kier alpha value is -1.23. The van der Waals surface area contributed by atoms with Crippen LogP contribution in [0.1, 0.15) is 13.3 Å². The van der Waals surface area contributed by atoms with E-state index in [4.69, 9.17) is 11.0 Å². The van der Waals surface area contributed by atoms with Gasteiger partial charge < -0.3 is 5.73 Å². The second-order valence-electron chi connectivity index (χ2n) is 2.58. The molecule has 10 heavy (non-hydrogen) atoms. The molecule has 0 heterocycles. The topological polar surface area (TPSA) is 49.8 Å². The fraction of sp³-hybridized carbons (Fsp3) is 0.375. The van der Waals surface area contributed by atoms with E-state index in [2.05, 4.69) is 6.07 Å². The Morgan fingerprint density at radius 1 is 1.70 bits per heavy atom. The van der Waals surface area contributed by atoms with E-state index in [1.165, 1.54) is 0 Å². The van der Waals surface area contributed by atoms with Crippen molar-refractivity contribution in [3.8, 4) is 6.07 Å². The summed E-state index contributed by atoms with van der Waals surface area (Å²) in [6.45, 7) is 2.01. The summed E-state index contributed by atoms with van der Waals surface area (Å²) in [5.74, 6) is 0.301. The Morgan fingerprint density at radius 2 is 2.40 bits per heavy atom. The van der Waals surface area contributed by atoms with Crippen LogP contribution in [0.5, 0.6) is 0 Å². The zero-order valence-electron chi connectivity index (χ0n) is 5.96. The molecule has 1 rings (SSSR count). The first-order valence-electron chi connectivity index (χ1n) is 3.30. The molecule has 1 atom stereocenters. The van der Waals surface area contributed by atoms with Crippen LogP contribution in [0, 0.1) is 17.2 Å². The lowest BCUT2D eigenvalue weighted by Gasteiger charge is -2.13. The summed E-state index contributed by atoms with van der Waals surface area (Å²) in [5.41, 5.74) is 7.24. The van der Waals surface area contributed by atoms with E-state index < -0.39 is 0 Å². The zero-order valence-corrected chi connectivity index (χ0v) is 5.96. The molecule has 0 aromatic heterocycles. The highest BCUT2D eigenvalue weighted by molar-refractivity contribution is 5.33. The van der Waals surface area contributed by atoms with Gasteiger partial charge in [0.1, 0.15) is 0 Å². The van der Waals surface area contributed by atoms with Crippen molar-refractivity contribution in [2.24, 2.45) is 11.7 Å². The molecule has 1 aliphatic carbocycles. The molecule has 0 amide bonds. The first kappa shape index (κ1) is 6.88. The predicted molar refractivity (Wildman–Crippen MR) is 39.7 cm³/mol. The van der Waals surface area contributed by atoms with Crippen LogP contribution in [0.4, 0.5) is 0 Å². The van der Waals surface area contributed by atoms with Gasteiger partial charge in [0.15, 0.2) is 0 Å². The number of nitriles is 1. The maximum Gasteiger partial charge on any atom is 0.0950 e. The fourth-order valence-corrected chi connectivity index (χ4v) is 1.04. The number of nitrogens with zero attached hydrogens (tertiary/aromatic N) is 1. The average molecular weight is 134 g/mol. The van der Waals surface area contributed by atoms with Gasteiger partial charge in [0.05, 0.1) is 6.07 Å². The van der Waals surface area contributed by atoms with Gasteiger partial charge in [0, 0.05) is 11.3 Å². The molecule has 1 unspecified atom stereocenters. The number of nitrogens with two attached hydrogens (primary N) is 1. The third kappa shape index (κ3) is 1.19. The normalized spacial score (nSPS) is 24.6. The van der Waals surface area contributed by atoms with Crippen LogP contribution in [-0.2, 0) is 0 Å². The Balaban J connectivity index is 2.84. The SMILES string of the molecule is CC1CC(N)=CC=C1C#N. The summed E-state index contributed by atoms with van der Waals surface area (Å²) >= 11 is 0. The summed E-state index contributed by atoms with van der Waals surface area (Å²) < 4.78 is 0. The highest BCUT2D eigenvalue weighted by Gasteiger charge is 2.11. The molecular formula is C8H10N2. The number of rotatable bonds is 0. The third-order valence-corrected chi connectivity index (χ3v) is 1.68. The van der Waals surface area contributed by atoms with Crippen LogP contribution >= 0.6 is 0 Å². The minimum Gasteiger partial charge on any atom is -0.402 e. The van der Waals surface area contributed by atoms with Gasteiger partial charge in [-0.05, 0) is 24.5 Å².